The lowest BCUT2D eigenvalue weighted by molar-refractivity contribution is -0.117. The number of pyridine rings is 1. The van der Waals surface area contributed by atoms with Gasteiger partial charge in [-0.15, -0.1) is 21.5 Å². The van der Waals surface area contributed by atoms with Gasteiger partial charge in [-0.1, -0.05) is 29.2 Å². The van der Waals surface area contributed by atoms with E-state index in [1.807, 2.05) is 19.1 Å². The van der Waals surface area contributed by atoms with Gasteiger partial charge in [0, 0.05) is 47.8 Å². The van der Waals surface area contributed by atoms with Crippen LogP contribution in [0.25, 0.3) is 20.7 Å². The van der Waals surface area contributed by atoms with Gasteiger partial charge < -0.3 is 15.4 Å². The smallest absolute Gasteiger partial charge is 0.410 e. The SMILES string of the molecule is Cc1nnc(-c2ccc(C(=O)N(c3nccc4sc(C#CCCC(N)=O)cc34)[C@@H]3CCCN(C(=O)OC(C)(C)C)C3)c(F)c2)s1. The van der Waals surface area contributed by atoms with Crippen LogP contribution >= 0.6 is 22.7 Å². The van der Waals surface area contributed by atoms with Crippen molar-refractivity contribution in [2.24, 2.45) is 5.73 Å². The van der Waals surface area contributed by atoms with Gasteiger partial charge in [-0.3, -0.25) is 14.5 Å². The number of fused-ring (bicyclic) bond motifs is 1. The Balaban J connectivity index is 1.54. The zero-order chi connectivity index (χ0) is 32.3. The molecule has 234 valence electrons. The molecule has 1 aromatic carbocycles. The molecule has 2 N–H and O–H groups in total. The average molecular weight is 649 g/mol. The number of amides is 3. The van der Waals surface area contributed by atoms with E-state index in [1.54, 1.807) is 37.9 Å². The number of hydrogen-bond donors (Lipinski definition) is 1. The Kier molecular flexibility index (Phi) is 9.45. The number of carbonyl (C=O) groups excluding carboxylic acids is 3. The van der Waals surface area contributed by atoms with Crippen molar-refractivity contribution < 1.29 is 23.5 Å². The van der Waals surface area contributed by atoms with Crippen LogP contribution in [0.1, 0.15) is 66.7 Å². The van der Waals surface area contributed by atoms with Gasteiger partial charge in [0.1, 0.15) is 27.3 Å². The Hall–Kier alpha value is -4.41. The first-order valence-corrected chi connectivity index (χ1v) is 16.1. The molecule has 1 saturated heterocycles. The number of thiophene rings is 1. The number of aromatic nitrogens is 3. The molecule has 0 bridgehead atoms. The molecule has 4 heterocycles. The Morgan fingerprint density at radius 3 is 2.67 bits per heavy atom. The quantitative estimate of drug-likeness (QED) is 0.257. The highest BCUT2D eigenvalue weighted by molar-refractivity contribution is 7.19. The molecule has 4 aromatic rings. The van der Waals surface area contributed by atoms with Gasteiger partial charge in [-0.25, -0.2) is 14.2 Å². The van der Waals surface area contributed by atoms with Gasteiger partial charge in [0.15, 0.2) is 0 Å². The minimum absolute atomic E-state index is 0.130. The molecule has 13 heteroatoms. The summed E-state index contributed by atoms with van der Waals surface area (Å²) in [6.45, 7) is 7.87. The van der Waals surface area contributed by atoms with Crippen molar-refractivity contribution in [1.29, 1.82) is 0 Å². The van der Waals surface area contributed by atoms with E-state index in [0.29, 0.717) is 47.6 Å². The molecule has 1 aliphatic rings. The molecule has 0 spiro atoms. The lowest BCUT2D eigenvalue weighted by Crippen LogP contribution is -2.53. The number of piperidine rings is 1. The van der Waals surface area contributed by atoms with Gasteiger partial charge in [-0.2, -0.15) is 0 Å². The second-order valence-corrected chi connectivity index (χ2v) is 13.9. The average Bonchev–Trinajstić information content (AvgIpc) is 3.61. The van der Waals surface area contributed by atoms with Crippen LogP contribution in [0.3, 0.4) is 0 Å². The highest BCUT2D eigenvalue weighted by atomic mass is 32.1. The topological polar surface area (TPSA) is 132 Å². The molecule has 45 heavy (non-hydrogen) atoms. The van der Waals surface area contributed by atoms with E-state index >= 15 is 4.39 Å². The molecule has 1 fully saturated rings. The number of hydrogen-bond acceptors (Lipinski definition) is 9. The standard InChI is InChI=1S/C32H33FN6O4S2/c1-19-36-37-29(44-19)20-11-12-23(25(33)16-20)30(41)39(21-8-7-15-38(18-21)31(42)43-32(2,3)4)28-24-17-22(9-5-6-10-27(34)40)45-26(24)13-14-35-28/h11-14,16-17,21H,6-8,10,15,18H2,1-4H3,(H2,34,40)/t21-/m1/s1. The minimum atomic E-state index is -0.700. The third-order valence-corrected chi connectivity index (χ3v) is 8.87. The zero-order valence-electron chi connectivity index (χ0n) is 25.4. The van der Waals surface area contributed by atoms with Gasteiger partial charge >= 0.3 is 6.09 Å². The summed E-state index contributed by atoms with van der Waals surface area (Å²) < 4.78 is 22.2. The number of rotatable bonds is 6. The lowest BCUT2D eigenvalue weighted by Gasteiger charge is -2.39. The number of ether oxygens (including phenoxy) is 1. The van der Waals surface area contributed by atoms with E-state index < -0.39 is 35.4 Å². The largest absolute Gasteiger partial charge is 0.444 e. The van der Waals surface area contributed by atoms with Crippen molar-refractivity contribution >= 4 is 56.5 Å². The van der Waals surface area contributed by atoms with Crippen LogP contribution in [-0.2, 0) is 9.53 Å². The maximum absolute atomic E-state index is 15.7. The van der Waals surface area contributed by atoms with Crippen molar-refractivity contribution in [2.45, 2.75) is 65.0 Å². The summed E-state index contributed by atoms with van der Waals surface area (Å²) in [7, 11) is 0. The van der Waals surface area contributed by atoms with Crippen molar-refractivity contribution in [3.05, 3.63) is 57.8 Å². The molecule has 10 nitrogen and oxygen atoms in total. The van der Waals surface area contributed by atoms with E-state index in [-0.39, 0.29) is 18.5 Å². The predicted molar refractivity (Wildman–Crippen MR) is 173 cm³/mol. The first kappa shape index (κ1) is 32.0. The number of carbonyl (C=O) groups is 3. The van der Waals surface area contributed by atoms with Gasteiger partial charge in [0.05, 0.1) is 16.5 Å². The fourth-order valence-corrected chi connectivity index (χ4v) is 6.61. The first-order valence-electron chi connectivity index (χ1n) is 14.5. The summed E-state index contributed by atoms with van der Waals surface area (Å²) in [5, 5.41) is 10.1. The Morgan fingerprint density at radius 2 is 1.98 bits per heavy atom. The van der Waals surface area contributed by atoms with Crippen LogP contribution in [0.15, 0.2) is 36.5 Å². The number of aryl methyl sites for hydroxylation is 1. The third kappa shape index (κ3) is 7.64. The van der Waals surface area contributed by atoms with E-state index in [2.05, 4.69) is 27.0 Å². The van der Waals surface area contributed by atoms with E-state index in [9.17, 15) is 14.4 Å². The van der Waals surface area contributed by atoms with Gasteiger partial charge in [0.25, 0.3) is 5.91 Å². The van der Waals surface area contributed by atoms with Crippen LogP contribution < -0.4 is 10.6 Å². The van der Waals surface area contributed by atoms with Crippen molar-refractivity contribution in [3.8, 4) is 22.4 Å². The number of primary amides is 1. The summed E-state index contributed by atoms with van der Waals surface area (Å²) in [5.41, 5.74) is 4.93. The van der Waals surface area contributed by atoms with Crippen LogP contribution in [0, 0.1) is 24.6 Å². The molecule has 0 aliphatic carbocycles. The molecular formula is C32H33FN6O4S2. The Labute approximate surface area is 268 Å². The molecule has 0 unspecified atom stereocenters. The molecular weight excluding hydrogens is 616 g/mol. The summed E-state index contributed by atoms with van der Waals surface area (Å²) in [4.78, 5) is 46.9. The van der Waals surface area contributed by atoms with Crippen LogP contribution in [0.2, 0.25) is 0 Å². The lowest BCUT2D eigenvalue weighted by atomic mass is 10.0. The number of likely N-dealkylation sites (tertiary alicyclic amines) is 1. The predicted octanol–water partition coefficient (Wildman–Crippen LogP) is 5.93. The number of anilines is 1. The molecule has 3 amide bonds. The fraction of sp³-hybridized carbons (Fsp3) is 0.375. The summed E-state index contributed by atoms with van der Waals surface area (Å²) >= 11 is 2.75. The molecule has 1 atom stereocenters. The third-order valence-electron chi connectivity index (χ3n) is 6.97. The monoisotopic (exact) mass is 648 g/mol. The maximum Gasteiger partial charge on any atom is 0.410 e. The van der Waals surface area contributed by atoms with Crippen molar-refractivity contribution in [1.82, 2.24) is 20.1 Å². The highest BCUT2D eigenvalue weighted by Gasteiger charge is 2.36. The number of nitrogens with zero attached hydrogens (tertiary/aromatic N) is 5. The van der Waals surface area contributed by atoms with Crippen molar-refractivity contribution in [3.63, 3.8) is 0 Å². The summed E-state index contributed by atoms with van der Waals surface area (Å²) in [6, 6.07) is 7.55. The zero-order valence-corrected chi connectivity index (χ0v) is 27.1. The normalized spacial score (nSPS) is 15.0. The Bertz CT molecular complexity index is 1820. The van der Waals surface area contributed by atoms with E-state index in [4.69, 9.17) is 10.5 Å². The summed E-state index contributed by atoms with van der Waals surface area (Å²) in [6.07, 6.45) is 2.79. The number of benzene rings is 1. The fourth-order valence-electron chi connectivity index (χ4n) is 4.99. The molecule has 0 saturated carbocycles. The van der Waals surface area contributed by atoms with Crippen molar-refractivity contribution in [2.75, 3.05) is 18.0 Å². The highest BCUT2D eigenvalue weighted by Crippen LogP contribution is 2.35. The van der Waals surface area contributed by atoms with Gasteiger partial charge in [-0.05, 0) is 64.8 Å². The van der Waals surface area contributed by atoms with Crippen LogP contribution in [0.4, 0.5) is 15.0 Å². The minimum Gasteiger partial charge on any atom is -0.444 e. The molecule has 1 aliphatic heterocycles. The second kappa shape index (κ2) is 13.3. The van der Waals surface area contributed by atoms with Gasteiger partial charge in [0.2, 0.25) is 5.91 Å². The second-order valence-electron chi connectivity index (χ2n) is 11.6. The first-order chi connectivity index (χ1) is 21.4. The van der Waals surface area contributed by atoms with Crippen LogP contribution in [-0.4, -0.2) is 62.7 Å². The van der Waals surface area contributed by atoms with E-state index in [0.717, 1.165) is 14.6 Å². The molecule has 0 radical (unpaired) electrons. The van der Waals surface area contributed by atoms with Crippen LogP contribution in [0.5, 0.6) is 0 Å². The summed E-state index contributed by atoms with van der Waals surface area (Å²) in [5.74, 6) is 4.67. The molecule has 3 aromatic heterocycles. The van der Waals surface area contributed by atoms with E-state index in [1.165, 1.54) is 39.7 Å². The maximum atomic E-state index is 15.7. The Morgan fingerprint density at radius 1 is 1.18 bits per heavy atom. The number of nitrogens with two attached hydrogens (primary N) is 1. The molecule has 5 rings (SSSR count). The number of halogens is 1.